The van der Waals surface area contributed by atoms with Crippen LogP contribution in [0.2, 0.25) is 0 Å². The van der Waals surface area contributed by atoms with Gasteiger partial charge in [0, 0.05) is 18.8 Å². The lowest BCUT2D eigenvalue weighted by atomic mass is 10.1. The average molecular weight is 359 g/mol. The maximum absolute atomic E-state index is 13.7. The standard InChI is InChI=1S/C19H22FN3OS/c1-14(21-19(25)22-18-5-3-2-4-17(18)20)15-6-8-16(9-7-15)23-10-12-24-13-11-23/h2-9,14H,10-13H2,1H3,(H2,21,22,25)/t14-/m1/s1. The highest BCUT2D eigenvalue weighted by molar-refractivity contribution is 7.80. The van der Waals surface area contributed by atoms with E-state index in [1.165, 1.54) is 11.8 Å². The van der Waals surface area contributed by atoms with E-state index in [9.17, 15) is 4.39 Å². The first-order valence-corrected chi connectivity index (χ1v) is 8.79. The summed E-state index contributed by atoms with van der Waals surface area (Å²) in [5.41, 5.74) is 2.69. The number of ether oxygens (including phenoxy) is 1. The van der Waals surface area contributed by atoms with Crippen molar-refractivity contribution in [1.29, 1.82) is 0 Å². The maximum atomic E-state index is 13.7. The van der Waals surface area contributed by atoms with Gasteiger partial charge in [-0.05, 0) is 49.0 Å². The molecule has 2 aromatic carbocycles. The number of hydrogen-bond acceptors (Lipinski definition) is 3. The first kappa shape index (κ1) is 17.6. The van der Waals surface area contributed by atoms with Crippen molar-refractivity contribution in [2.45, 2.75) is 13.0 Å². The van der Waals surface area contributed by atoms with Crippen molar-refractivity contribution in [3.05, 3.63) is 59.9 Å². The van der Waals surface area contributed by atoms with Crippen molar-refractivity contribution in [2.75, 3.05) is 36.5 Å². The quantitative estimate of drug-likeness (QED) is 0.814. The molecule has 1 fully saturated rings. The predicted molar refractivity (Wildman–Crippen MR) is 104 cm³/mol. The topological polar surface area (TPSA) is 36.5 Å². The van der Waals surface area contributed by atoms with E-state index in [0.29, 0.717) is 10.8 Å². The molecular weight excluding hydrogens is 337 g/mol. The Morgan fingerprint density at radius 3 is 2.48 bits per heavy atom. The monoisotopic (exact) mass is 359 g/mol. The van der Waals surface area contributed by atoms with Crippen molar-refractivity contribution in [3.63, 3.8) is 0 Å². The third-order valence-electron chi connectivity index (χ3n) is 4.24. The number of rotatable bonds is 4. The molecule has 0 saturated carbocycles. The highest BCUT2D eigenvalue weighted by Crippen LogP contribution is 2.20. The lowest BCUT2D eigenvalue weighted by Crippen LogP contribution is -2.36. The minimum absolute atomic E-state index is 0.0190. The van der Waals surface area contributed by atoms with E-state index in [-0.39, 0.29) is 11.9 Å². The molecule has 0 unspecified atom stereocenters. The second-order valence-corrected chi connectivity index (χ2v) is 6.40. The van der Waals surface area contributed by atoms with Crippen LogP contribution in [0.5, 0.6) is 0 Å². The summed E-state index contributed by atoms with van der Waals surface area (Å²) in [6.07, 6.45) is 0. The van der Waals surface area contributed by atoms with Crippen LogP contribution in [-0.4, -0.2) is 31.4 Å². The first-order chi connectivity index (χ1) is 12.1. The molecule has 0 aromatic heterocycles. The number of nitrogens with one attached hydrogen (secondary N) is 2. The van der Waals surface area contributed by atoms with Crippen LogP contribution in [0.1, 0.15) is 18.5 Å². The fourth-order valence-corrected chi connectivity index (χ4v) is 3.08. The summed E-state index contributed by atoms with van der Waals surface area (Å²) in [6.45, 7) is 5.41. The van der Waals surface area contributed by atoms with Crippen molar-refractivity contribution in [3.8, 4) is 0 Å². The summed E-state index contributed by atoms with van der Waals surface area (Å²) in [6, 6.07) is 14.9. The van der Waals surface area contributed by atoms with E-state index < -0.39 is 0 Å². The number of halogens is 1. The summed E-state index contributed by atoms with van der Waals surface area (Å²) in [4.78, 5) is 2.32. The lowest BCUT2D eigenvalue weighted by molar-refractivity contribution is 0.122. The van der Waals surface area contributed by atoms with Gasteiger partial charge in [0.1, 0.15) is 5.82 Å². The molecule has 0 aliphatic carbocycles. The lowest BCUT2D eigenvalue weighted by Gasteiger charge is -2.29. The van der Waals surface area contributed by atoms with E-state index in [2.05, 4.69) is 39.8 Å². The molecule has 1 aliphatic rings. The van der Waals surface area contributed by atoms with Gasteiger partial charge in [0.2, 0.25) is 0 Å². The molecule has 0 radical (unpaired) electrons. The molecule has 1 aliphatic heterocycles. The van der Waals surface area contributed by atoms with E-state index in [4.69, 9.17) is 17.0 Å². The summed E-state index contributed by atoms with van der Waals surface area (Å²) >= 11 is 5.29. The van der Waals surface area contributed by atoms with Crippen LogP contribution in [0.25, 0.3) is 0 Å². The highest BCUT2D eigenvalue weighted by Gasteiger charge is 2.13. The van der Waals surface area contributed by atoms with Gasteiger partial charge in [0.25, 0.3) is 0 Å². The van der Waals surface area contributed by atoms with Crippen LogP contribution < -0.4 is 15.5 Å². The molecule has 25 heavy (non-hydrogen) atoms. The molecule has 4 nitrogen and oxygen atoms in total. The Bertz CT molecular complexity index is 717. The molecule has 0 amide bonds. The van der Waals surface area contributed by atoms with Gasteiger partial charge in [-0.2, -0.15) is 0 Å². The van der Waals surface area contributed by atoms with Gasteiger partial charge >= 0.3 is 0 Å². The van der Waals surface area contributed by atoms with Gasteiger partial charge in [-0.25, -0.2) is 4.39 Å². The number of benzene rings is 2. The normalized spacial score (nSPS) is 15.5. The second kappa shape index (κ2) is 8.27. The zero-order chi connectivity index (χ0) is 17.6. The van der Waals surface area contributed by atoms with Crippen molar-refractivity contribution in [1.82, 2.24) is 5.32 Å². The Balaban J connectivity index is 1.58. The van der Waals surface area contributed by atoms with E-state index >= 15 is 0 Å². The SMILES string of the molecule is C[C@@H](NC(=S)Nc1ccccc1F)c1ccc(N2CCOCC2)cc1. The zero-order valence-corrected chi connectivity index (χ0v) is 15.0. The van der Waals surface area contributed by atoms with Gasteiger partial charge in [-0.15, -0.1) is 0 Å². The Kier molecular flexibility index (Phi) is 5.83. The highest BCUT2D eigenvalue weighted by atomic mass is 32.1. The fourth-order valence-electron chi connectivity index (χ4n) is 2.80. The molecule has 0 bridgehead atoms. The smallest absolute Gasteiger partial charge is 0.171 e. The first-order valence-electron chi connectivity index (χ1n) is 8.38. The van der Waals surface area contributed by atoms with Gasteiger partial charge in [-0.3, -0.25) is 0 Å². The third-order valence-corrected chi connectivity index (χ3v) is 4.46. The molecule has 132 valence electrons. The minimum atomic E-state index is -0.325. The van der Waals surface area contributed by atoms with Crippen LogP contribution in [0.3, 0.4) is 0 Å². The van der Waals surface area contributed by atoms with Gasteiger partial charge in [0.15, 0.2) is 5.11 Å². The maximum Gasteiger partial charge on any atom is 0.171 e. The van der Waals surface area contributed by atoms with Gasteiger partial charge in [0.05, 0.1) is 24.9 Å². The number of thiocarbonyl (C=S) groups is 1. The largest absolute Gasteiger partial charge is 0.378 e. The van der Waals surface area contributed by atoms with E-state index in [0.717, 1.165) is 31.9 Å². The molecule has 0 spiro atoms. The van der Waals surface area contributed by atoms with Crippen LogP contribution in [0.4, 0.5) is 15.8 Å². The number of para-hydroxylation sites is 1. The van der Waals surface area contributed by atoms with E-state index in [1.54, 1.807) is 18.2 Å². The number of nitrogens with zero attached hydrogens (tertiary/aromatic N) is 1. The number of hydrogen-bond donors (Lipinski definition) is 2. The van der Waals surface area contributed by atoms with Crippen LogP contribution in [-0.2, 0) is 4.74 Å². The van der Waals surface area contributed by atoms with Crippen molar-refractivity contribution >= 4 is 28.7 Å². The molecule has 2 aromatic rings. The Morgan fingerprint density at radius 2 is 1.80 bits per heavy atom. The molecule has 1 heterocycles. The molecule has 1 saturated heterocycles. The molecular formula is C19H22FN3OS. The molecule has 1 atom stereocenters. The molecule has 2 N–H and O–H groups in total. The summed E-state index contributed by atoms with van der Waals surface area (Å²) in [5.74, 6) is -0.325. The fraction of sp³-hybridized carbons (Fsp3) is 0.316. The second-order valence-electron chi connectivity index (χ2n) is 5.99. The van der Waals surface area contributed by atoms with Gasteiger partial charge in [-0.1, -0.05) is 24.3 Å². The molecule has 3 rings (SSSR count). The van der Waals surface area contributed by atoms with Crippen molar-refractivity contribution < 1.29 is 9.13 Å². The summed E-state index contributed by atoms with van der Waals surface area (Å²) < 4.78 is 19.1. The summed E-state index contributed by atoms with van der Waals surface area (Å²) in [7, 11) is 0. The molecule has 6 heteroatoms. The van der Waals surface area contributed by atoms with Crippen molar-refractivity contribution in [2.24, 2.45) is 0 Å². The Labute approximate surface area is 153 Å². The Morgan fingerprint density at radius 1 is 1.12 bits per heavy atom. The average Bonchev–Trinajstić information content (AvgIpc) is 2.64. The van der Waals surface area contributed by atoms with E-state index in [1.807, 2.05) is 6.92 Å². The third kappa shape index (κ3) is 4.67. The van der Waals surface area contributed by atoms with Crippen LogP contribution in [0, 0.1) is 5.82 Å². The summed E-state index contributed by atoms with van der Waals surface area (Å²) in [5, 5.41) is 6.49. The van der Waals surface area contributed by atoms with Gasteiger partial charge < -0.3 is 20.3 Å². The number of anilines is 2. The predicted octanol–water partition coefficient (Wildman–Crippen LogP) is 3.71. The zero-order valence-electron chi connectivity index (χ0n) is 14.2. The van der Waals surface area contributed by atoms with Crippen LogP contribution >= 0.6 is 12.2 Å². The minimum Gasteiger partial charge on any atom is -0.378 e. The number of morpholine rings is 1. The van der Waals surface area contributed by atoms with Crippen LogP contribution in [0.15, 0.2) is 48.5 Å². The Hall–Kier alpha value is -2.18.